The van der Waals surface area contributed by atoms with Crippen LogP contribution < -0.4 is 5.32 Å². The van der Waals surface area contributed by atoms with Crippen molar-refractivity contribution in [3.05, 3.63) is 30.0 Å². The number of hydrogen-bond donors (Lipinski definition) is 2. The monoisotopic (exact) mass is 284 g/mol. The third kappa shape index (κ3) is 2.31. The first-order valence-corrected chi connectivity index (χ1v) is 7.69. The fraction of sp³-hybridized carbons (Fsp3) is 0.500. The highest BCUT2D eigenvalue weighted by atomic mass is 16.2. The normalized spacial score (nSPS) is 25.2. The number of aromatic amines is 1. The molecule has 0 saturated carbocycles. The zero-order valence-electron chi connectivity index (χ0n) is 12.1. The summed E-state index contributed by atoms with van der Waals surface area (Å²) in [5, 5.41) is 11.7. The van der Waals surface area contributed by atoms with Crippen molar-refractivity contribution in [3.8, 4) is 0 Å². The Morgan fingerprint density at radius 3 is 3.19 bits per heavy atom. The Hall–Kier alpha value is -1.88. The second-order valence-corrected chi connectivity index (χ2v) is 6.34. The van der Waals surface area contributed by atoms with Crippen LogP contribution in [0.3, 0.4) is 0 Å². The van der Waals surface area contributed by atoms with Gasteiger partial charge in [-0.15, -0.1) is 0 Å². The number of hydrogen-bond acceptors (Lipinski definition) is 3. The third-order valence-electron chi connectivity index (χ3n) is 4.90. The lowest BCUT2D eigenvalue weighted by Crippen LogP contribution is -2.43. The van der Waals surface area contributed by atoms with Crippen molar-refractivity contribution in [1.29, 1.82) is 0 Å². The van der Waals surface area contributed by atoms with E-state index in [0.717, 1.165) is 42.5 Å². The molecule has 1 atom stereocenters. The summed E-state index contributed by atoms with van der Waals surface area (Å²) in [6.45, 7) is 2.86. The molecular weight excluding hydrogens is 264 g/mol. The van der Waals surface area contributed by atoms with Crippen LogP contribution in [0.5, 0.6) is 0 Å². The first kappa shape index (κ1) is 12.8. The quantitative estimate of drug-likeness (QED) is 0.877. The number of fused-ring (bicyclic) bond motifs is 1. The molecule has 1 spiro atoms. The molecule has 3 heterocycles. The van der Waals surface area contributed by atoms with E-state index in [1.807, 2.05) is 23.1 Å². The van der Waals surface area contributed by atoms with Crippen LogP contribution in [0.1, 0.15) is 24.8 Å². The number of nitrogens with one attached hydrogen (secondary N) is 2. The topological polar surface area (TPSA) is 61.0 Å². The average Bonchev–Trinajstić information content (AvgIpc) is 3.21. The molecule has 2 aromatic rings. The van der Waals surface area contributed by atoms with Gasteiger partial charge in [0.15, 0.2) is 0 Å². The minimum atomic E-state index is 0.211. The van der Waals surface area contributed by atoms with Crippen molar-refractivity contribution in [2.75, 3.05) is 19.6 Å². The van der Waals surface area contributed by atoms with E-state index in [-0.39, 0.29) is 11.4 Å². The standard InChI is InChI=1S/C16H20N4O/c21-15(20-7-5-16(11-20)4-1-6-17-16)9-12-2-3-13-10-18-19-14(13)8-12/h2-3,8,10,17H,1,4-7,9,11H2,(H,18,19). The summed E-state index contributed by atoms with van der Waals surface area (Å²) < 4.78 is 0. The van der Waals surface area contributed by atoms with E-state index in [4.69, 9.17) is 0 Å². The molecule has 110 valence electrons. The van der Waals surface area contributed by atoms with Gasteiger partial charge in [0.1, 0.15) is 0 Å². The van der Waals surface area contributed by atoms with Crippen molar-refractivity contribution >= 4 is 16.8 Å². The van der Waals surface area contributed by atoms with Gasteiger partial charge < -0.3 is 10.2 Å². The molecule has 1 aromatic carbocycles. The Morgan fingerprint density at radius 1 is 1.38 bits per heavy atom. The predicted octanol–water partition coefficient (Wildman–Crippen LogP) is 1.46. The Bertz CT molecular complexity index is 672. The largest absolute Gasteiger partial charge is 0.340 e. The first-order chi connectivity index (χ1) is 10.2. The molecule has 0 bridgehead atoms. The summed E-state index contributed by atoms with van der Waals surface area (Å²) in [5.74, 6) is 0.236. The number of nitrogens with zero attached hydrogens (tertiary/aromatic N) is 2. The minimum Gasteiger partial charge on any atom is -0.340 e. The fourth-order valence-electron chi connectivity index (χ4n) is 3.68. The third-order valence-corrected chi connectivity index (χ3v) is 4.90. The molecule has 2 saturated heterocycles. The second-order valence-electron chi connectivity index (χ2n) is 6.34. The Morgan fingerprint density at radius 2 is 2.33 bits per heavy atom. The second kappa shape index (κ2) is 4.84. The molecule has 1 unspecified atom stereocenters. The van der Waals surface area contributed by atoms with E-state index in [1.54, 1.807) is 6.20 Å². The van der Waals surface area contributed by atoms with Crippen molar-refractivity contribution in [3.63, 3.8) is 0 Å². The van der Waals surface area contributed by atoms with Gasteiger partial charge in [-0.05, 0) is 37.4 Å². The molecule has 2 aliphatic rings. The lowest BCUT2D eigenvalue weighted by Gasteiger charge is -2.24. The van der Waals surface area contributed by atoms with Gasteiger partial charge in [0.25, 0.3) is 0 Å². The number of carbonyl (C=O) groups is 1. The van der Waals surface area contributed by atoms with Crippen molar-refractivity contribution < 1.29 is 4.79 Å². The molecule has 0 aliphatic carbocycles. The first-order valence-electron chi connectivity index (χ1n) is 7.69. The summed E-state index contributed by atoms with van der Waals surface area (Å²) in [6, 6.07) is 6.07. The van der Waals surface area contributed by atoms with Crippen molar-refractivity contribution in [1.82, 2.24) is 20.4 Å². The molecule has 2 aliphatic heterocycles. The van der Waals surface area contributed by atoms with Gasteiger partial charge in [-0.3, -0.25) is 9.89 Å². The van der Waals surface area contributed by atoms with Crippen LogP contribution in [0.2, 0.25) is 0 Å². The molecule has 2 N–H and O–H groups in total. The van der Waals surface area contributed by atoms with E-state index in [2.05, 4.69) is 15.5 Å². The van der Waals surface area contributed by atoms with Gasteiger partial charge in [0, 0.05) is 24.0 Å². The number of rotatable bonds is 2. The van der Waals surface area contributed by atoms with Crippen LogP contribution in [0, 0.1) is 0 Å². The summed E-state index contributed by atoms with van der Waals surface area (Å²) in [6.07, 6.45) is 5.82. The Balaban J connectivity index is 1.45. The lowest BCUT2D eigenvalue weighted by molar-refractivity contribution is -0.129. The average molecular weight is 284 g/mol. The highest BCUT2D eigenvalue weighted by Crippen LogP contribution is 2.30. The van der Waals surface area contributed by atoms with Gasteiger partial charge in [-0.25, -0.2) is 0 Å². The molecular formula is C16H20N4O. The molecule has 0 radical (unpaired) electrons. The fourth-order valence-corrected chi connectivity index (χ4v) is 3.68. The molecule has 1 amide bonds. The van der Waals surface area contributed by atoms with Crippen molar-refractivity contribution in [2.45, 2.75) is 31.2 Å². The number of aromatic nitrogens is 2. The summed E-state index contributed by atoms with van der Waals surface area (Å²) >= 11 is 0. The predicted molar refractivity (Wildman–Crippen MR) is 81.0 cm³/mol. The SMILES string of the molecule is O=C(Cc1ccc2cn[nH]c2c1)N1CCC2(CCCN2)C1. The molecule has 2 fully saturated rings. The van der Waals surface area contributed by atoms with Crippen LogP contribution >= 0.6 is 0 Å². The van der Waals surface area contributed by atoms with Gasteiger partial charge in [0.05, 0.1) is 18.1 Å². The molecule has 21 heavy (non-hydrogen) atoms. The lowest BCUT2D eigenvalue weighted by atomic mass is 9.97. The van der Waals surface area contributed by atoms with Gasteiger partial charge in [0.2, 0.25) is 5.91 Å². The smallest absolute Gasteiger partial charge is 0.227 e. The number of carbonyl (C=O) groups excluding carboxylic acids is 1. The van der Waals surface area contributed by atoms with Gasteiger partial charge >= 0.3 is 0 Å². The highest BCUT2D eigenvalue weighted by molar-refractivity contribution is 5.83. The maximum atomic E-state index is 12.5. The van der Waals surface area contributed by atoms with Crippen LogP contribution in [-0.4, -0.2) is 46.2 Å². The number of benzene rings is 1. The maximum Gasteiger partial charge on any atom is 0.227 e. The van der Waals surface area contributed by atoms with E-state index < -0.39 is 0 Å². The summed E-state index contributed by atoms with van der Waals surface area (Å²) in [7, 11) is 0. The minimum absolute atomic E-state index is 0.211. The molecule has 4 rings (SSSR count). The van der Waals surface area contributed by atoms with E-state index in [9.17, 15) is 4.79 Å². The molecule has 5 heteroatoms. The van der Waals surface area contributed by atoms with Crippen LogP contribution in [0.15, 0.2) is 24.4 Å². The van der Waals surface area contributed by atoms with Gasteiger partial charge in [-0.1, -0.05) is 12.1 Å². The summed E-state index contributed by atoms with van der Waals surface area (Å²) in [4.78, 5) is 14.5. The van der Waals surface area contributed by atoms with Gasteiger partial charge in [-0.2, -0.15) is 5.10 Å². The van der Waals surface area contributed by atoms with Crippen LogP contribution in [0.4, 0.5) is 0 Å². The number of likely N-dealkylation sites (tertiary alicyclic amines) is 1. The highest BCUT2D eigenvalue weighted by Gasteiger charge is 2.41. The Labute approximate surface area is 123 Å². The number of amides is 1. The van der Waals surface area contributed by atoms with E-state index in [1.165, 1.54) is 12.8 Å². The van der Waals surface area contributed by atoms with E-state index >= 15 is 0 Å². The molecule has 1 aromatic heterocycles. The Kier molecular flexibility index (Phi) is 2.96. The zero-order chi connectivity index (χ0) is 14.3. The molecule has 5 nitrogen and oxygen atoms in total. The number of H-pyrrole nitrogens is 1. The van der Waals surface area contributed by atoms with Crippen LogP contribution in [-0.2, 0) is 11.2 Å². The summed E-state index contributed by atoms with van der Waals surface area (Å²) in [5.41, 5.74) is 2.26. The maximum absolute atomic E-state index is 12.5. The van der Waals surface area contributed by atoms with Crippen molar-refractivity contribution in [2.24, 2.45) is 0 Å². The van der Waals surface area contributed by atoms with Crippen LogP contribution in [0.25, 0.3) is 10.9 Å². The zero-order valence-corrected chi connectivity index (χ0v) is 12.1. The van der Waals surface area contributed by atoms with E-state index in [0.29, 0.717) is 6.42 Å².